The molecule has 0 bridgehead atoms. The average Bonchev–Trinajstić information content (AvgIpc) is 2.66. The fourth-order valence-corrected chi connectivity index (χ4v) is 3.15. The summed E-state index contributed by atoms with van der Waals surface area (Å²) in [6, 6.07) is 0.500. The summed E-state index contributed by atoms with van der Waals surface area (Å²) in [7, 11) is 0. The van der Waals surface area contributed by atoms with Gasteiger partial charge in [0.2, 0.25) is 5.91 Å². The third-order valence-corrected chi connectivity index (χ3v) is 4.30. The number of halogens is 3. The van der Waals surface area contributed by atoms with Crippen LogP contribution >= 0.6 is 0 Å². The highest BCUT2D eigenvalue weighted by molar-refractivity contribution is 5.96. The third-order valence-electron chi connectivity index (χ3n) is 4.30. The van der Waals surface area contributed by atoms with Crippen LogP contribution in [-0.4, -0.2) is 53.2 Å². The SMILES string of the molecule is CC(C)(C)OC(=O)N1CCN2c3ncc(C(F)(F)F)cc3NC(=O)CC2C1. The molecule has 10 heteroatoms. The van der Waals surface area contributed by atoms with E-state index in [0.29, 0.717) is 13.1 Å². The molecule has 2 aliphatic heterocycles. The van der Waals surface area contributed by atoms with E-state index in [0.717, 1.165) is 12.3 Å². The number of rotatable bonds is 0. The quantitative estimate of drug-likeness (QED) is 0.742. The summed E-state index contributed by atoms with van der Waals surface area (Å²) in [5.74, 6) is -0.140. The van der Waals surface area contributed by atoms with Gasteiger partial charge >= 0.3 is 12.3 Å². The Morgan fingerprint density at radius 1 is 1.30 bits per heavy atom. The first kappa shape index (κ1) is 19.2. The molecule has 1 saturated heterocycles. The van der Waals surface area contributed by atoms with Crippen LogP contribution in [0.3, 0.4) is 0 Å². The van der Waals surface area contributed by atoms with Gasteiger partial charge in [-0.2, -0.15) is 13.2 Å². The van der Waals surface area contributed by atoms with Gasteiger partial charge in [-0.1, -0.05) is 0 Å². The first-order valence-electron chi connectivity index (χ1n) is 8.56. The molecular weight excluding hydrogens is 365 g/mol. The lowest BCUT2D eigenvalue weighted by atomic mass is 10.1. The number of alkyl halides is 3. The number of anilines is 2. The predicted octanol–water partition coefficient (Wildman–Crippen LogP) is 2.87. The van der Waals surface area contributed by atoms with Crippen LogP contribution < -0.4 is 10.2 Å². The van der Waals surface area contributed by atoms with Gasteiger partial charge in [0.25, 0.3) is 0 Å². The van der Waals surface area contributed by atoms with E-state index in [-0.39, 0.29) is 24.5 Å². The van der Waals surface area contributed by atoms with Crippen LogP contribution in [0.1, 0.15) is 32.8 Å². The van der Waals surface area contributed by atoms with Crippen molar-refractivity contribution in [2.45, 2.75) is 45.0 Å². The second kappa shape index (κ2) is 6.58. The number of nitrogens with zero attached hydrogens (tertiary/aromatic N) is 3. The maximum atomic E-state index is 12.9. The molecule has 1 aromatic rings. The molecule has 27 heavy (non-hydrogen) atoms. The van der Waals surface area contributed by atoms with Crippen molar-refractivity contribution < 1.29 is 27.5 Å². The molecule has 0 aromatic carbocycles. The van der Waals surface area contributed by atoms with Crippen LogP contribution in [0.2, 0.25) is 0 Å². The van der Waals surface area contributed by atoms with Gasteiger partial charge in [-0.05, 0) is 26.8 Å². The monoisotopic (exact) mass is 386 g/mol. The summed E-state index contributed by atoms with van der Waals surface area (Å²) in [5.41, 5.74) is -1.53. The van der Waals surface area contributed by atoms with E-state index < -0.39 is 35.4 Å². The summed E-state index contributed by atoms with van der Waals surface area (Å²) >= 11 is 0. The topological polar surface area (TPSA) is 74.8 Å². The van der Waals surface area contributed by atoms with Crippen molar-refractivity contribution in [3.63, 3.8) is 0 Å². The Labute approximate surface area is 154 Å². The van der Waals surface area contributed by atoms with Gasteiger partial charge in [0.15, 0.2) is 5.82 Å². The highest BCUT2D eigenvalue weighted by atomic mass is 19.4. The number of piperazine rings is 1. The number of hydrogen-bond acceptors (Lipinski definition) is 5. The molecule has 1 atom stereocenters. The Morgan fingerprint density at radius 2 is 2.00 bits per heavy atom. The van der Waals surface area contributed by atoms with E-state index in [4.69, 9.17) is 4.74 Å². The molecule has 148 valence electrons. The summed E-state index contributed by atoms with van der Waals surface area (Å²) in [6.45, 7) is 6.17. The van der Waals surface area contributed by atoms with Gasteiger partial charge in [-0.25, -0.2) is 9.78 Å². The smallest absolute Gasteiger partial charge is 0.417 e. The molecule has 0 aliphatic carbocycles. The Balaban J connectivity index is 1.84. The molecule has 2 amide bonds. The summed E-state index contributed by atoms with van der Waals surface area (Å²) in [5, 5.41) is 2.50. The fraction of sp³-hybridized carbons (Fsp3) is 0.588. The average molecular weight is 386 g/mol. The van der Waals surface area contributed by atoms with Gasteiger partial charge in [0.05, 0.1) is 17.3 Å². The molecule has 0 radical (unpaired) electrons. The number of carbonyl (C=O) groups excluding carboxylic acids is 2. The summed E-state index contributed by atoms with van der Waals surface area (Å²) < 4.78 is 44.2. The van der Waals surface area contributed by atoms with E-state index in [1.165, 1.54) is 4.90 Å². The van der Waals surface area contributed by atoms with E-state index >= 15 is 0 Å². The lowest BCUT2D eigenvalue weighted by Crippen LogP contribution is -2.56. The number of nitrogens with one attached hydrogen (secondary N) is 1. The number of pyridine rings is 1. The molecule has 3 rings (SSSR count). The van der Waals surface area contributed by atoms with Crippen molar-refractivity contribution in [2.75, 3.05) is 29.9 Å². The maximum Gasteiger partial charge on any atom is 0.417 e. The minimum absolute atomic E-state index is 0.0306. The third kappa shape index (κ3) is 4.25. The largest absolute Gasteiger partial charge is 0.444 e. The fourth-order valence-electron chi connectivity index (χ4n) is 3.15. The van der Waals surface area contributed by atoms with Crippen molar-refractivity contribution in [1.29, 1.82) is 0 Å². The first-order valence-corrected chi connectivity index (χ1v) is 8.56. The summed E-state index contributed by atoms with van der Waals surface area (Å²) in [6.07, 6.45) is -4.23. The normalized spacial score (nSPS) is 20.4. The molecule has 1 unspecified atom stereocenters. The van der Waals surface area contributed by atoms with Gasteiger partial charge in [-0.3, -0.25) is 4.79 Å². The molecule has 1 fully saturated rings. The van der Waals surface area contributed by atoms with Crippen LogP contribution in [0, 0.1) is 0 Å². The standard InChI is InChI=1S/C17H21F3N4O3/c1-16(2,3)27-15(26)23-4-5-24-11(9-23)7-13(25)22-12-6-10(17(18,19)20)8-21-14(12)24/h6,8,11H,4-5,7,9H2,1-3H3,(H,22,25). The highest BCUT2D eigenvalue weighted by Gasteiger charge is 2.38. The van der Waals surface area contributed by atoms with E-state index in [9.17, 15) is 22.8 Å². The van der Waals surface area contributed by atoms with Gasteiger partial charge in [0.1, 0.15) is 5.60 Å². The van der Waals surface area contributed by atoms with Crippen LogP contribution in [-0.2, 0) is 15.7 Å². The molecule has 3 heterocycles. The Bertz CT molecular complexity index is 761. The number of ether oxygens (including phenoxy) is 1. The van der Waals surface area contributed by atoms with Crippen molar-refractivity contribution in [3.05, 3.63) is 17.8 Å². The second-order valence-electron chi connectivity index (χ2n) is 7.62. The number of hydrogen-bond donors (Lipinski definition) is 1. The van der Waals surface area contributed by atoms with Gasteiger partial charge < -0.3 is 19.9 Å². The summed E-state index contributed by atoms with van der Waals surface area (Å²) in [4.78, 5) is 31.7. The molecule has 2 aliphatic rings. The molecular formula is C17H21F3N4O3. The van der Waals surface area contributed by atoms with Crippen molar-refractivity contribution in [2.24, 2.45) is 0 Å². The van der Waals surface area contributed by atoms with E-state index in [1.54, 1.807) is 25.7 Å². The zero-order chi connectivity index (χ0) is 20.0. The molecule has 7 nitrogen and oxygen atoms in total. The Kier molecular flexibility index (Phi) is 4.69. The predicted molar refractivity (Wildman–Crippen MR) is 91.4 cm³/mol. The maximum absolute atomic E-state index is 12.9. The Hall–Kier alpha value is -2.52. The van der Waals surface area contributed by atoms with Gasteiger partial charge in [0, 0.05) is 32.3 Å². The van der Waals surface area contributed by atoms with Crippen molar-refractivity contribution in [3.8, 4) is 0 Å². The number of amides is 2. The van der Waals surface area contributed by atoms with Crippen LogP contribution in [0.5, 0.6) is 0 Å². The number of aromatic nitrogens is 1. The molecule has 1 aromatic heterocycles. The van der Waals surface area contributed by atoms with Crippen molar-refractivity contribution in [1.82, 2.24) is 9.88 Å². The highest BCUT2D eigenvalue weighted by Crippen LogP contribution is 2.36. The minimum Gasteiger partial charge on any atom is -0.444 e. The van der Waals surface area contributed by atoms with Crippen LogP contribution in [0.15, 0.2) is 12.3 Å². The zero-order valence-electron chi connectivity index (χ0n) is 15.3. The molecule has 0 saturated carbocycles. The molecule has 0 spiro atoms. The lowest BCUT2D eigenvalue weighted by molar-refractivity contribution is -0.137. The van der Waals surface area contributed by atoms with E-state index in [2.05, 4.69) is 10.3 Å². The van der Waals surface area contributed by atoms with Crippen LogP contribution in [0.4, 0.5) is 29.5 Å². The molecule has 1 N–H and O–H groups in total. The number of carbonyl (C=O) groups is 2. The van der Waals surface area contributed by atoms with Crippen LogP contribution in [0.25, 0.3) is 0 Å². The second-order valence-corrected chi connectivity index (χ2v) is 7.62. The van der Waals surface area contributed by atoms with Gasteiger partial charge in [-0.15, -0.1) is 0 Å². The van der Waals surface area contributed by atoms with E-state index in [1.807, 2.05) is 0 Å². The first-order chi connectivity index (χ1) is 12.4. The zero-order valence-corrected chi connectivity index (χ0v) is 15.3. The van der Waals surface area contributed by atoms with Crippen molar-refractivity contribution >= 4 is 23.5 Å². The number of fused-ring (bicyclic) bond motifs is 3. The lowest BCUT2D eigenvalue weighted by Gasteiger charge is -2.41. The minimum atomic E-state index is -4.55. The Morgan fingerprint density at radius 3 is 2.63 bits per heavy atom.